The monoisotopic (exact) mass is 269 g/mol. The Bertz CT molecular complexity index is 326. The highest BCUT2D eigenvalue weighted by atomic mass is 32.2. The third-order valence-electron chi connectivity index (χ3n) is 3.14. The molecule has 2 unspecified atom stereocenters. The molecule has 1 N–H and O–H groups in total. The summed E-state index contributed by atoms with van der Waals surface area (Å²) in [7, 11) is 2.02. The Hall–Kier alpha value is -0.540. The summed E-state index contributed by atoms with van der Waals surface area (Å²) in [6.45, 7) is 4.55. The van der Waals surface area contributed by atoms with Crippen molar-refractivity contribution in [2.45, 2.75) is 44.0 Å². The summed E-state index contributed by atoms with van der Waals surface area (Å²) >= 11 is 1.79. The fourth-order valence-electron chi connectivity index (χ4n) is 2.09. The SMILES string of the molecule is CCCC(C)CC(CSc1ccc(F)cc1)NC. The molecular formula is C15H24FNS. The maximum atomic E-state index is 12.8. The molecule has 0 radical (unpaired) electrons. The number of nitrogens with one attached hydrogen (secondary N) is 1. The summed E-state index contributed by atoms with van der Waals surface area (Å²) in [6, 6.07) is 7.28. The molecule has 0 aromatic heterocycles. The molecule has 0 spiro atoms. The number of hydrogen-bond acceptors (Lipinski definition) is 2. The molecule has 0 saturated carbocycles. The van der Waals surface area contributed by atoms with Gasteiger partial charge in [-0.05, 0) is 43.7 Å². The zero-order chi connectivity index (χ0) is 13.4. The van der Waals surface area contributed by atoms with Crippen molar-refractivity contribution in [1.82, 2.24) is 5.32 Å². The third kappa shape index (κ3) is 5.87. The largest absolute Gasteiger partial charge is 0.316 e. The molecule has 3 heteroatoms. The molecule has 0 bridgehead atoms. The van der Waals surface area contributed by atoms with Gasteiger partial charge < -0.3 is 5.32 Å². The molecule has 0 heterocycles. The van der Waals surface area contributed by atoms with Gasteiger partial charge in [-0.3, -0.25) is 0 Å². The fourth-order valence-corrected chi connectivity index (χ4v) is 3.12. The van der Waals surface area contributed by atoms with Crippen LogP contribution in [0.15, 0.2) is 29.2 Å². The Morgan fingerprint density at radius 3 is 2.50 bits per heavy atom. The van der Waals surface area contributed by atoms with Crippen LogP contribution in [-0.4, -0.2) is 18.8 Å². The summed E-state index contributed by atoms with van der Waals surface area (Å²) in [5, 5.41) is 3.38. The minimum Gasteiger partial charge on any atom is -0.316 e. The molecular weight excluding hydrogens is 245 g/mol. The minimum absolute atomic E-state index is 0.166. The quantitative estimate of drug-likeness (QED) is 0.705. The number of rotatable bonds is 8. The lowest BCUT2D eigenvalue weighted by Gasteiger charge is -2.20. The molecule has 0 amide bonds. The van der Waals surface area contributed by atoms with Crippen LogP contribution < -0.4 is 5.32 Å². The van der Waals surface area contributed by atoms with Crippen molar-refractivity contribution in [1.29, 1.82) is 0 Å². The summed E-state index contributed by atoms with van der Waals surface area (Å²) in [5.74, 6) is 1.64. The van der Waals surface area contributed by atoms with Gasteiger partial charge in [0.1, 0.15) is 5.82 Å². The summed E-state index contributed by atoms with van der Waals surface area (Å²) in [5.41, 5.74) is 0. The fraction of sp³-hybridized carbons (Fsp3) is 0.600. The highest BCUT2D eigenvalue weighted by Crippen LogP contribution is 2.22. The van der Waals surface area contributed by atoms with Crippen molar-refractivity contribution in [2.75, 3.05) is 12.8 Å². The molecule has 2 atom stereocenters. The lowest BCUT2D eigenvalue weighted by molar-refractivity contribution is 0.420. The van der Waals surface area contributed by atoms with E-state index in [1.807, 2.05) is 19.2 Å². The van der Waals surface area contributed by atoms with Crippen molar-refractivity contribution >= 4 is 11.8 Å². The molecule has 0 aliphatic heterocycles. The van der Waals surface area contributed by atoms with Crippen LogP contribution in [-0.2, 0) is 0 Å². The maximum absolute atomic E-state index is 12.8. The Labute approximate surface area is 115 Å². The Balaban J connectivity index is 2.37. The highest BCUT2D eigenvalue weighted by Gasteiger charge is 2.11. The van der Waals surface area contributed by atoms with E-state index in [1.54, 1.807) is 11.8 Å². The smallest absolute Gasteiger partial charge is 0.123 e. The highest BCUT2D eigenvalue weighted by molar-refractivity contribution is 7.99. The standard InChI is InChI=1S/C15H24FNS/c1-4-5-12(2)10-14(17-3)11-18-15-8-6-13(16)7-9-15/h6-9,12,14,17H,4-5,10-11H2,1-3H3. The first-order valence-corrected chi connectivity index (χ1v) is 7.69. The zero-order valence-electron chi connectivity index (χ0n) is 11.6. The van der Waals surface area contributed by atoms with Gasteiger partial charge in [-0.1, -0.05) is 26.7 Å². The van der Waals surface area contributed by atoms with Gasteiger partial charge in [0.25, 0.3) is 0 Å². The first-order chi connectivity index (χ1) is 8.65. The summed E-state index contributed by atoms with van der Waals surface area (Å²) in [4.78, 5) is 1.14. The van der Waals surface area contributed by atoms with Crippen LogP contribution in [0, 0.1) is 11.7 Å². The third-order valence-corrected chi connectivity index (χ3v) is 4.32. The molecule has 1 aromatic carbocycles. The van der Waals surface area contributed by atoms with Crippen molar-refractivity contribution in [3.8, 4) is 0 Å². The second kappa shape index (κ2) is 8.54. The van der Waals surface area contributed by atoms with Gasteiger partial charge in [0.05, 0.1) is 0 Å². The lowest BCUT2D eigenvalue weighted by atomic mass is 9.98. The topological polar surface area (TPSA) is 12.0 Å². The van der Waals surface area contributed by atoms with Gasteiger partial charge >= 0.3 is 0 Å². The molecule has 1 nitrogen and oxygen atoms in total. The molecule has 1 aromatic rings. The summed E-state index contributed by atoms with van der Waals surface area (Å²) < 4.78 is 12.8. The first kappa shape index (κ1) is 15.5. The second-order valence-electron chi connectivity index (χ2n) is 4.88. The maximum Gasteiger partial charge on any atom is 0.123 e. The van der Waals surface area contributed by atoms with Crippen LogP contribution in [0.5, 0.6) is 0 Å². The van der Waals surface area contributed by atoms with Crippen molar-refractivity contribution in [3.05, 3.63) is 30.1 Å². The molecule has 0 aliphatic rings. The van der Waals surface area contributed by atoms with E-state index in [0.717, 1.165) is 16.6 Å². The van der Waals surface area contributed by atoms with E-state index < -0.39 is 0 Å². The Morgan fingerprint density at radius 2 is 1.94 bits per heavy atom. The average Bonchev–Trinajstić information content (AvgIpc) is 2.36. The molecule has 1 rings (SSSR count). The van der Waals surface area contributed by atoms with Crippen LogP contribution >= 0.6 is 11.8 Å². The van der Waals surface area contributed by atoms with E-state index >= 15 is 0 Å². The van der Waals surface area contributed by atoms with Crippen molar-refractivity contribution < 1.29 is 4.39 Å². The van der Waals surface area contributed by atoms with Gasteiger partial charge in [-0.25, -0.2) is 4.39 Å². The van der Waals surface area contributed by atoms with Gasteiger partial charge in [0.2, 0.25) is 0 Å². The molecule has 0 saturated heterocycles. The van der Waals surface area contributed by atoms with Gasteiger partial charge in [0, 0.05) is 16.7 Å². The second-order valence-corrected chi connectivity index (χ2v) is 5.97. The van der Waals surface area contributed by atoms with E-state index in [-0.39, 0.29) is 5.82 Å². The number of halogens is 1. The van der Waals surface area contributed by atoms with Crippen LogP contribution in [0.2, 0.25) is 0 Å². The number of thioether (sulfide) groups is 1. The molecule has 102 valence electrons. The van der Waals surface area contributed by atoms with Crippen LogP contribution in [0.4, 0.5) is 4.39 Å². The zero-order valence-corrected chi connectivity index (χ0v) is 12.4. The lowest BCUT2D eigenvalue weighted by Crippen LogP contribution is -2.29. The van der Waals surface area contributed by atoms with Gasteiger partial charge in [0.15, 0.2) is 0 Å². The van der Waals surface area contributed by atoms with Gasteiger partial charge in [-0.2, -0.15) is 0 Å². The Kier molecular flexibility index (Phi) is 7.36. The van der Waals surface area contributed by atoms with E-state index in [4.69, 9.17) is 0 Å². The van der Waals surface area contributed by atoms with Gasteiger partial charge in [-0.15, -0.1) is 11.8 Å². The molecule has 18 heavy (non-hydrogen) atoms. The predicted octanol–water partition coefficient (Wildman–Crippen LogP) is 4.33. The molecule has 0 aliphatic carbocycles. The predicted molar refractivity (Wildman–Crippen MR) is 78.7 cm³/mol. The van der Waals surface area contributed by atoms with Crippen molar-refractivity contribution in [2.24, 2.45) is 5.92 Å². The van der Waals surface area contributed by atoms with Crippen LogP contribution in [0.3, 0.4) is 0 Å². The first-order valence-electron chi connectivity index (χ1n) is 6.71. The number of hydrogen-bond donors (Lipinski definition) is 1. The van der Waals surface area contributed by atoms with E-state index in [1.165, 1.54) is 31.4 Å². The normalized spacial score (nSPS) is 14.4. The van der Waals surface area contributed by atoms with E-state index in [0.29, 0.717) is 6.04 Å². The summed E-state index contributed by atoms with van der Waals surface area (Å²) in [6.07, 6.45) is 3.75. The molecule has 0 fully saturated rings. The minimum atomic E-state index is -0.166. The average molecular weight is 269 g/mol. The van der Waals surface area contributed by atoms with Crippen molar-refractivity contribution in [3.63, 3.8) is 0 Å². The van der Waals surface area contributed by atoms with Crippen LogP contribution in [0.25, 0.3) is 0 Å². The van der Waals surface area contributed by atoms with Crippen LogP contribution in [0.1, 0.15) is 33.1 Å². The Morgan fingerprint density at radius 1 is 1.28 bits per heavy atom. The number of benzene rings is 1. The van der Waals surface area contributed by atoms with E-state index in [9.17, 15) is 4.39 Å². The van der Waals surface area contributed by atoms with E-state index in [2.05, 4.69) is 19.2 Å².